The van der Waals surface area contributed by atoms with Gasteiger partial charge < -0.3 is 9.67 Å². The maximum atomic E-state index is 12.8. The van der Waals surface area contributed by atoms with Crippen LogP contribution in [-0.2, 0) is 12.7 Å². The van der Waals surface area contributed by atoms with Gasteiger partial charge in [0.25, 0.3) is 0 Å². The maximum Gasteiger partial charge on any atom is 0.416 e. The SMILES string of the molecule is OC(CCn1ccnc1)c1ccccc1C(F)(F)F. The molecule has 102 valence electrons. The molecule has 0 spiro atoms. The van der Waals surface area contributed by atoms with Gasteiger partial charge in [-0.05, 0) is 18.1 Å². The lowest BCUT2D eigenvalue weighted by molar-refractivity contribution is -0.139. The minimum atomic E-state index is -4.45. The molecule has 1 unspecified atom stereocenters. The highest BCUT2D eigenvalue weighted by atomic mass is 19.4. The number of hydrogen-bond acceptors (Lipinski definition) is 2. The van der Waals surface area contributed by atoms with Crippen molar-refractivity contribution in [3.63, 3.8) is 0 Å². The second kappa shape index (κ2) is 5.44. The minimum Gasteiger partial charge on any atom is -0.388 e. The van der Waals surface area contributed by atoms with Crippen LogP contribution in [0.2, 0.25) is 0 Å². The molecule has 0 fully saturated rings. The van der Waals surface area contributed by atoms with E-state index in [-0.39, 0.29) is 12.0 Å². The van der Waals surface area contributed by atoms with Crippen LogP contribution < -0.4 is 0 Å². The molecule has 0 aliphatic carbocycles. The van der Waals surface area contributed by atoms with Crippen LogP contribution in [-0.4, -0.2) is 14.7 Å². The Morgan fingerprint density at radius 2 is 2.00 bits per heavy atom. The Hall–Kier alpha value is -1.82. The molecule has 2 rings (SSSR count). The van der Waals surface area contributed by atoms with Crippen molar-refractivity contribution in [2.24, 2.45) is 0 Å². The molecule has 0 aliphatic rings. The van der Waals surface area contributed by atoms with Crippen molar-refractivity contribution in [2.75, 3.05) is 0 Å². The molecule has 3 nitrogen and oxygen atoms in total. The molecule has 1 heterocycles. The third-order valence-corrected chi connectivity index (χ3v) is 2.85. The second-order valence-corrected chi connectivity index (χ2v) is 4.19. The lowest BCUT2D eigenvalue weighted by atomic mass is 10.00. The Bertz CT molecular complexity index is 523. The molecule has 0 bridgehead atoms. The van der Waals surface area contributed by atoms with Crippen LogP contribution in [0.25, 0.3) is 0 Å². The predicted molar refractivity (Wildman–Crippen MR) is 63.2 cm³/mol. The van der Waals surface area contributed by atoms with Crippen molar-refractivity contribution in [1.29, 1.82) is 0 Å². The zero-order valence-corrected chi connectivity index (χ0v) is 10.0. The predicted octanol–water partition coefficient (Wildman–Crippen LogP) is 3.03. The van der Waals surface area contributed by atoms with Crippen LogP contribution in [0.1, 0.15) is 23.7 Å². The normalized spacial score (nSPS) is 13.5. The van der Waals surface area contributed by atoms with Gasteiger partial charge in [0.15, 0.2) is 0 Å². The number of hydrogen-bond donors (Lipinski definition) is 1. The summed E-state index contributed by atoms with van der Waals surface area (Å²) in [7, 11) is 0. The molecule has 0 amide bonds. The number of rotatable bonds is 4. The third-order valence-electron chi connectivity index (χ3n) is 2.85. The van der Waals surface area contributed by atoms with Crippen molar-refractivity contribution < 1.29 is 18.3 Å². The van der Waals surface area contributed by atoms with Crippen LogP contribution in [0.3, 0.4) is 0 Å². The summed E-state index contributed by atoms with van der Waals surface area (Å²) in [6.45, 7) is 0.410. The van der Waals surface area contributed by atoms with E-state index in [0.29, 0.717) is 6.54 Å². The van der Waals surface area contributed by atoms with Gasteiger partial charge in [-0.25, -0.2) is 4.98 Å². The van der Waals surface area contributed by atoms with Crippen molar-refractivity contribution in [1.82, 2.24) is 9.55 Å². The molecular weight excluding hydrogens is 257 g/mol. The van der Waals surface area contributed by atoms with Gasteiger partial charge in [0.2, 0.25) is 0 Å². The number of aliphatic hydroxyl groups excluding tert-OH is 1. The highest BCUT2D eigenvalue weighted by Gasteiger charge is 2.34. The number of alkyl halides is 3. The Morgan fingerprint density at radius 3 is 2.63 bits per heavy atom. The van der Waals surface area contributed by atoms with Crippen LogP contribution in [0, 0.1) is 0 Å². The van der Waals surface area contributed by atoms with Crippen molar-refractivity contribution in [2.45, 2.75) is 25.2 Å². The smallest absolute Gasteiger partial charge is 0.388 e. The number of halogens is 3. The van der Waals surface area contributed by atoms with E-state index in [1.54, 1.807) is 23.3 Å². The Kier molecular flexibility index (Phi) is 3.90. The van der Waals surface area contributed by atoms with Crippen LogP contribution in [0.4, 0.5) is 13.2 Å². The molecule has 6 heteroatoms. The zero-order chi connectivity index (χ0) is 13.9. The average Bonchev–Trinajstić information content (AvgIpc) is 2.88. The quantitative estimate of drug-likeness (QED) is 0.927. The average molecular weight is 270 g/mol. The molecule has 19 heavy (non-hydrogen) atoms. The first-order valence-electron chi connectivity index (χ1n) is 5.78. The van der Waals surface area contributed by atoms with Crippen LogP contribution in [0.5, 0.6) is 0 Å². The van der Waals surface area contributed by atoms with E-state index < -0.39 is 17.8 Å². The zero-order valence-electron chi connectivity index (χ0n) is 10.0. The topological polar surface area (TPSA) is 38.0 Å². The van der Waals surface area contributed by atoms with Crippen LogP contribution >= 0.6 is 0 Å². The van der Waals surface area contributed by atoms with Gasteiger partial charge in [0, 0.05) is 18.9 Å². The van der Waals surface area contributed by atoms with E-state index >= 15 is 0 Å². The summed E-state index contributed by atoms with van der Waals surface area (Å²) < 4.78 is 40.1. The molecular formula is C13H13F3N2O. The molecule has 0 aliphatic heterocycles. The number of imidazole rings is 1. The van der Waals surface area contributed by atoms with Gasteiger partial charge in [-0.1, -0.05) is 18.2 Å². The molecule has 0 radical (unpaired) electrons. The number of benzene rings is 1. The van der Waals surface area contributed by atoms with Crippen molar-refractivity contribution >= 4 is 0 Å². The first-order valence-corrected chi connectivity index (χ1v) is 5.78. The molecule has 1 aromatic carbocycles. The number of aryl methyl sites for hydroxylation is 1. The van der Waals surface area contributed by atoms with Gasteiger partial charge in [0.05, 0.1) is 18.0 Å². The fourth-order valence-corrected chi connectivity index (χ4v) is 1.89. The Balaban J connectivity index is 2.12. The molecule has 2 aromatic rings. The highest BCUT2D eigenvalue weighted by Crippen LogP contribution is 2.35. The minimum absolute atomic E-state index is 0.0879. The number of aliphatic hydroxyl groups is 1. The maximum absolute atomic E-state index is 12.8. The van der Waals surface area contributed by atoms with Gasteiger partial charge in [-0.15, -0.1) is 0 Å². The van der Waals surface area contributed by atoms with Gasteiger partial charge in [-0.3, -0.25) is 0 Å². The Morgan fingerprint density at radius 1 is 1.26 bits per heavy atom. The van der Waals surface area contributed by atoms with Gasteiger partial charge >= 0.3 is 6.18 Å². The standard InChI is InChI=1S/C13H13F3N2O/c14-13(15,16)11-4-2-1-3-10(11)12(19)5-7-18-8-6-17-9-18/h1-4,6,8-9,12,19H,5,7H2. The summed E-state index contributed by atoms with van der Waals surface area (Å²) in [6, 6.07) is 5.09. The second-order valence-electron chi connectivity index (χ2n) is 4.19. The van der Waals surface area contributed by atoms with Crippen LogP contribution in [0.15, 0.2) is 43.0 Å². The summed E-state index contributed by atoms with van der Waals surface area (Å²) >= 11 is 0. The van der Waals surface area contributed by atoms with E-state index in [4.69, 9.17) is 0 Å². The van der Waals surface area contributed by atoms with E-state index in [1.165, 1.54) is 18.2 Å². The van der Waals surface area contributed by atoms with E-state index in [9.17, 15) is 18.3 Å². The number of nitrogens with zero attached hydrogens (tertiary/aromatic N) is 2. The lowest BCUT2D eigenvalue weighted by Gasteiger charge is -2.17. The molecule has 0 saturated heterocycles. The molecule has 1 aromatic heterocycles. The van der Waals surface area contributed by atoms with Crippen molar-refractivity contribution in [3.8, 4) is 0 Å². The van der Waals surface area contributed by atoms with Crippen molar-refractivity contribution in [3.05, 3.63) is 54.1 Å². The highest BCUT2D eigenvalue weighted by molar-refractivity contribution is 5.31. The largest absolute Gasteiger partial charge is 0.416 e. The first-order chi connectivity index (χ1) is 8.98. The van der Waals surface area contributed by atoms with E-state index in [1.807, 2.05) is 0 Å². The lowest BCUT2D eigenvalue weighted by Crippen LogP contribution is -2.13. The summed E-state index contributed by atoms with van der Waals surface area (Å²) in [5.41, 5.74) is -0.872. The van der Waals surface area contributed by atoms with Gasteiger partial charge in [-0.2, -0.15) is 13.2 Å². The fourth-order valence-electron chi connectivity index (χ4n) is 1.89. The summed E-state index contributed by atoms with van der Waals surface area (Å²) in [5, 5.41) is 9.93. The van der Waals surface area contributed by atoms with E-state index in [2.05, 4.69) is 4.98 Å². The summed E-state index contributed by atoms with van der Waals surface area (Å²) in [4.78, 5) is 3.83. The first kappa shape index (κ1) is 13.6. The Labute approximate surface area is 108 Å². The third kappa shape index (κ3) is 3.35. The number of aromatic nitrogens is 2. The molecule has 1 atom stereocenters. The monoisotopic (exact) mass is 270 g/mol. The molecule has 0 saturated carbocycles. The fraction of sp³-hybridized carbons (Fsp3) is 0.308. The van der Waals surface area contributed by atoms with Gasteiger partial charge in [0.1, 0.15) is 0 Å². The van der Waals surface area contributed by atoms with E-state index in [0.717, 1.165) is 6.07 Å². The molecule has 1 N–H and O–H groups in total. The summed E-state index contributed by atoms with van der Waals surface area (Å²) in [5.74, 6) is 0. The summed E-state index contributed by atoms with van der Waals surface area (Å²) in [6.07, 6.45) is -0.572.